The first-order chi connectivity index (χ1) is 10.4. The molecule has 0 heterocycles. The van der Waals surface area contributed by atoms with Gasteiger partial charge in [0, 0.05) is 5.92 Å². The van der Waals surface area contributed by atoms with Crippen molar-refractivity contribution in [3.05, 3.63) is 24.8 Å². The minimum atomic E-state index is 0.0498. The van der Waals surface area contributed by atoms with Gasteiger partial charge in [0.1, 0.15) is 5.75 Å². The summed E-state index contributed by atoms with van der Waals surface area (Å²) < 4.78 is 1.55. The van der Waals surface area contributed by atoms with Crippen molar-refractivity contribution < 1.29 is 9.90 Å². The maximum atomic E-state index is 12.3. The Labute approximate surface area is 157 Å². The molecule has 0 aliphatic heterocycles. The Morgan fingerprint density at radius 1 is 1.41 bits per heavy atom. The standard InChI is InChI=1S/C16H18I2N2O2/c1-16-5-3-2-4-10(16)13(16)15(22)20-19-8-9-6-11(17)14(21)12(18)7-9/h6-8,10,13,21H,2-5H2,1H3,(H,20,22)/b19-8-/t10-,13-,16-/m0/s1. The van der Waals surface area contributed by atoms with E-state index < -0.39 is 0 Å². The molecule has 2 aliphatic carbocycles. The lowest BCUT2D eigenvalue weighted by molar-refractivity contribution is -0.123. The second-order valence-electron chi connectivity index (χ2n) is 6.40. The van der Waals surface area contributed by atoms with Crippen molar-refractivity contribution in [2.24, 2.45) is 22.4 Å². The molecule has 0 unspecified atom stereocenters. The third-order valence-corrected chi connectivity index (χ3v) is 6.69. The number of hydrogen-bond acceptors (Lipinski definition) is 3. The molecule has 1 aromatic rings. The minimum Gasteiger partial charge on any atom is -0.506 e. The number of fused-ring (bicyclic) bond motifs is 1. The summed E-state index contributed by atoms with van der Waals surface area (Å²) in [6, 6.07) is 3.68. The molecule has 4 nitrogen and oxygen atoms in total. The summed E-state index contributed by atoms with van der Waals surface area (Å²) in [4.78, 5) is 12.3. The second-order valence-corrected chi connectivity index (χ2v) is 8.73. The van der Waals surface area contributed by atoms with Crippen LogP contribution in [-0.2, 0) is 4.79 Å². The molecule has 0 radical (unpaired) electrons. The zero-order valence-electron chi connectivity index (χ0n) is 12.3. The molecule has 2 aliphatic rings. The van der Waals surface area contributed by atoms with Crippen molar-refractivity contribution >= 4 is 57.3 Å². The van der Waals surface area contributed by atoms with Crippen LogP contribution in [0.5, 0.6) is 5.75 Å². The lowest BCUT2D eigenvalue weighted by Crippen LogP contribution is -2.22. The van der Waals surface area contributed by atoms with E-state index in [1.54, 1.807) is 6.21 Å². The van der Waals surface area contributed by atoms with E-state index in [4.69, 9.17) is 0 Å². The summed E-state index contributed by atoms with van der Waals surface area (Å²) in [5, 5.41) is 13.8. The first-order valence-corrected chi connectivity index (χ1v) is 9.60. The van der Waals surface area contributed by atoms with E-state index in [0.717, 1.165) is 19.1 Å². The number of nitrogens with one attached hydrogen (secondary N) is 1. The molecular weight excluding hydrogens is 506 g/mol. The summed E-state index contributed by atoms with van der Waals surface area (Å²) in [6.07, 6.45) is 6.46. The monoisotopic (exact) mass is 524 g/mol. The normalized spacial score (nSPS) is 30.1. The number of carbonyl (C=O) groups excluding carboxylic acids is 1. The number of rotatable bonds is 3. The van der Waals surface area contributed by atoms with E-state index in [0.29, 0.717) is 5.92 Å². The van der Waals surface area contributed by atoms with Crippen molar-refractivity contribution in [2.75, 3.05) is 0 Å². The van der Waals surface area contributed by atoms with Crippen molar-refractivity contribution in [1.29, 1.82) is 0 Å². The fourth-order valence-corrected chi connectivity index (χ4v) is 5.57. The average molecular weight is 524 g/mol. The molecule has 0 spiro atoms. The van der Waals surface area contributed by atoms with Crippen molar-refractivity contribution in [2.45, 2.75) is 32.6 Å². The van der Waals surface area contributed by atoms with Gasteiger partial charge in [-0.3, -0.25) is 4.79 Å². The predicted molar refractivity (Wildman–Crippen MR) is 103 cm³/mol. The molecule has 1 aromatic carbocycles. The molecule has 0 saturated heterocycles. The summed E-state index contributed by atoms with van der Waals surface area (Å²) in [7, 11) is 0. The number of hydrogen-bond donors (Lipinski definition) is 2. The Hall–Kier alpha value is -0.380. The number of phenolic OH excluding ortho intramolecular Hbond substituents is 1. The molecular formula is C16H18I2N2O2. The van der Waals surface area contributed by atoms with Gasteiger partial charge in [0.05, 0.1) is 13.4 Å². The molecule has 0 aromatic heterocycles. The zero-order chi connectivity index (χ0) is 15.9. The first-order valence-electron chi connectivity index (χ1n) is 7.44. The highest BCUT2D eigenvalue weighted by Gasteiger charge is 2.64. The summed E-state index contributed by atoms with van der Waals surface area (Å²) in [5.74, 6) is 1.02. The van der Waals surface area contributed by atoms with Crippen molar-refractivity contribution in [3.63, 3.8) is 0 Å². The van der Waals surface area contributed by atoms with E-state index in [1.165, 1.54) is 19.3 Å². The third kappa shape index (κ3) is 3.00. The van der Waals surface area contributed by atoms with Crippen LogP contribution in [0.4, 0.5) is 0 Å². The Kier molecular flexibility index (Phi) is 4.69. The van der Waals surface area contributed by atoms with Crippen molar-refractivity contribution in [3.8, 4) is 5.75 Å². The summed E-state index contributed by atoms with van der Waals surface area (Å²) in [6.45, 7) is 2.23. The Morgan fingerprint density at radius 2 is 2.09 bits per heavy atom. The maximum absolute atomic E-state index is 12.3. The van der Waals surface area contributed by atoms with Crippen LogP contribution in [0.15, 0.2) is 17.2 Å². The number of phenols is 1. The van der Waals surface area contributed by atoms with Crippen LogP contribution >= 0.6 is 45.2 Å². The fourth-order valence-electron chi connectivity index (χ4n) is 3.75. The highest BCUT2D eigenvalue weighted by Crippen LogP contribution is 2.66. The molecule has 1 amide bonds. The second kappa shape index (κ2) is 6.26. The summed E-state index contributed by atoms with van der Waals surface area (Å²) >= 11 is 4.16. The van der Waals surface area contributed by atoms with Gasteiger partial charge in [0.2, 0.25) is 5.91 Å². The topological polar surface area (TPSA) is 61.7 Å². The number of aromatic hydroxyl groups is 1. The first kappa shape index (κ1) is 16.5. The highest BCUT2D eigenvalue weighted by molar-refractivity contribution is 14.1. The zero-order valence-corrected chi connectivity index (χ0v) is 16.6. The molecule has 22 heavy (non-hydrogen) atoms. The van der Waals surface area contributed by atoms with Gasteiger partial charge in [-0.2, -0.15) is 5.10 Å². The Balaban J connectivity index is 1.62. The minimum absolute atomic E-state index is 0.0498. The van der Waals surface area contributed by atoms with Gasteiger partial charge in [-0.25, -0.2) is 5.43 Å². The molecule has 6 heteroatoms. The largest absolute Gasteiger partial charge is 0.506 e. The number of halogens is 2. The lowest BCUT2D eigenvalue weighted by atomic mass is 9.90. The van der Waals surface area contributed by atoms with Crippen LogP contribution in [0.2, 0.25) is 0 Å². The van der Waals surface area contributed by atoms with Crippen LogP contribution < -0.4 is 5.43 Å². The van der Waals surface area contributed by atoms with Crippen LogP contribution in [0.25, 0.3) is 0 Å². The van der Waals surface area contributed by atoms with Crippen LogP contribution in [0.3, 0.4) is 0 Å². The number of nitrogens with zero attached hydrogens (tertiary/aromatic N) is 1. The lowest BCUT2D eigenvalue weighted by Gasteiger charge is -2.15. The molecule has 2 N–H and O–H groups in total. The van der Waals surface area contributed by atoms with Gasteiger partial charge in [0.15, 0.2) is 0 Å². The van der Waals surface area contributed by atoms with E-state index in [9.17, 15) is 9.90 Å². The van der Waals surface area contributed by atoms with Gasteiger partial charge in [-0.15, -0.1) is 0 Å². The number of benzene rings is 1. The Bertz CT molecular complexity index is 624. The molecule has 2 fully saturated rings. The summed E-state index contributed by atoms with van der Waals surface area (Å²) in [5.41, 5.74) is 3.77. The van der Waals surface area contributed by atoms with Gasteiger partial charge in [0.25, 0.3) is 0 Å². The molecule has 0 bridgehead atoms. The number of hydrazone groups is 1. The van der Waals surface area contributed by atoms with Crippen LogP contribution in [0.1, 0.15) is 38.2 Å². The number of carbonyl (C=O) groups is 1. The van der Waals surface area contributed by atoms with E-state index in [-0.39, 0.29) is 23.0 Å². The highest BCUT2D eigenvalue weighted by atomic mass is 127. The molecule has 3 atom stereocenters. The van der Waals surface area contributed by atoms with Gasteiger partial charge in [-0.1, -0.05) is 19.8 Å². The fraction of sp³-hybridized carbons (Fsp3) is 0.500. The number of amides is 1. The van der Waals surface area contributed by atoms with Crippen LogP contribution in [0, 0.1) is 24.4 Å². The van der Waals surface area contributed by atoms with E-state index >= 15 is 0 Å². The average Bonchev–Trinajstić information content (AvgIpc) is 3.10. The molecule has 2 saturated carbocycles. The molecule has 3 rings (SSSR count). The van der Waals surface area contributed by atoms with E-state index in [2.05, 4.69) is 62.6 Å². The van der Waals surface area contributed by atoms with Gasteiger partial charge in [-0.05, 0) is 87.1 Å². The smallest absolute Gasteiger partial charge is 0.244 e. The van der Waals surface area contributed by atoms with Gasteiger partial charge < -0.3 is 5.11 Å². The predicted octanol–water partition coefficient (Wildman–Crippen LogP) is 3.88. The van der Waals surface area contributed by atoms with Crippen LogP contribution in [-0.4, -0.2) is 17.2 Å². The van der Waals surface area contributed by atoms with Gasteiger partial charge >= 0.3 is 0 Å². The molecule has 118 valence electrons. The SMILES string of the molecule is C[C@]12CCCC[C@H]1[C@H]2C(=O)N/N=C\c1cc(I)c(O)c(I)c1. The van der Waals surface area contributed by atoms with Crippen molar-refractivity contribution in [1.82, 2.24) is 5.43 Å². The van der Waals surface area contributed by atoms with E-state index in [1.807, 2.05) is 12.1 Å². The Morgan fingerprint density at radius 3 is 2.68 bits per heavy atom. The maximum Gasteiger partial charge on any atom is 0.244 e. The third-order valence-electron chi connectivity index (χ3n) is 5.04. The quantitative estimate of drug-likeness (QED) is 0.359.